The van der Waals surface area contributed by atoms with Crippen LogP contribution in [0.2, 0.25) is 0 Å². The SMILES string of the molecule is CC(C)CC(=O)CCCCOC(=O)c1ccccc1C(=O)O. The van der Waals surface area contributed by atoms with E-state index in [4.69, 9.17) is 9.84 Å². The van der Waals surface area contributed by atoms with Gasteiger partial charge in [-0.05, 0) is 30.9 Å². The normalized spacial score (nSPS) is 10.5. The van der Waals surface area contributed by atoms with Gasteiger partial charge in [0.1, 0.15) is 5.78 Å². The third-order valence-corrected chi connectivity index (χ3v) is 3.10. The Kier molecular flexibility index (Phi) is 7.29. The summed E-state index contributed by atoms with van der Waals surface area (Å²) in [5.74, 6) is -1.23. The zero-order valence-corrected chi connectivity index (χ0v) is 13.0. The number of hydrogen-bond donors (Lipinski definition) is 1. The van der Waals surface area contributed by atoms with Crippen LogP contribution in [0.5, 0.6) is 0 Å². The summed E-state index contributed by atoms with van der Waals surface area (Å²) in [5.41, 5.74) is -0.0227. The van der Waals surface area contributed by atoms with E-state index < -0.39 is 11.9 Å². The molecule has 0 aliphatic heterocycles. The van der Waals surface area contributed by atoms with E-state index >= 15 is 0 Å². The quantitative estimate of drug-likeness (QED) is 0.559. The van der Waals surface area contributed by atoms with Crippen LogP contribution in [-0.4, -0.2) is 29.4 Å². The summed E-state index contributed by atoms with van der Waals surface area (Å²) in [6.07, 6.45) is 2.32. The molecule has 0 aromatic heterocycles. The molecule has 0 spiro atoms. The molecule has 120 valence electrons. The molecule has 0 saturated heterocycles. The molecule has 1 rings (SSSR count). The van der Waals surface area contributed by atoms with Crippen LogP contribution in [-0.2, 0) is 9.53 Å². The molecule has 0 bridgehead atoms. The molecular formula is C17H22O5. The zero-order valence-electron chi connectivity index (χ0n) is 13.0. The summed E-state index contributed by atoms with van der Waals surface area (Å²) in [4.78, 5) is 34.4. The molecule has 0 radical (unpaired) electrons. The Labute approximate surface area is 130 Å². The molecule has 0 fully saturated rings. The third-order valence-electron chi connectivity index (χ3n) is 3.10. The van der Waals surface area contributed by atoms with Gasteiger partial charge in [-0.2, -0.15) is 0 Å². The van der Waals surface area contributed by atoms with E-state index in [0.29, 0.717) is 31.6 Å². The minimum absolute atomic E-state index is 0.0471. The minimum atomic E-state index is -1.16. The van der Waals surface area contributed by atoms with Crippen LogP contribution < -0.4 is 0 Å². The van der Waals surface area contributed by atoms with Crippen molar-refractivity contribution in [3.05, 3.63) is 35.4 Å². The second-order valence-corrected chi connectivity index (χ2v) is 5.58. The molecule has 5 nitrogen and oxygen atoms in total. The van der Waals surface area contributed by atoms with Gasteiger partial charge in [-0.3, -0.25) is 4.79 Å². The van der Waals surface area contributed by atoms with E-state index in [1.165, 1.54) is 12.1 Å². The average Bonchev–Trinajstić information content (AvgIpc) is 2.45. The molecule has 5 heteroatoms. The Balaban J connectivity index is 2.36. The first-order valence-electron chi connectivity index (χ1n) is 7.43. The Morgan fingerprint density at radius 3 is 2.32 bits per heavy atom. The summed E-state index contributed by atoms with van der Waals surface area (Å²) in [6, 6.07) is 5.94. The summed E-state index contributed by atoms with van der Waals surface area (Å²) in [6.45, 7) is 4.18. The number of unbranched alkanes of at least 4 members (excludes halogenated alkanes) is 1. The van der Waals surface area contributed by atoms with Gasteiger partial charge in [-0.1, -0.05) is 26.0 Å². The summed E-state index contributed by atoms with van der Waals surface area (Å²) < 4.78 is 5.07. The molecule has 0 aliphatic rings. The van der Waals surface area contributed by atoms with Crippen molar-refractivity contribution in [1.29, 1.82) is 0 Å². The molecule has 1 aromatic carbocycles. The van der Waals surface area contributed by atoms with Gasteiger partial charge in [0.05, 0.1) is 17.7 Å². The Morgan fingerprint density at radius 1 is 1.09 bits per heavy atom. The van der Waals surface area contributed by atoms with Gasteiger partial charge >= 0.3 is 11.9 Å². The lowest BCUT2D eigenvalue weighted by Crippen LogP contribution is -2.12. The van der Waals surface area contributed by atoms with E-state index in [2.05, 4.69) is 0 Å². The van der Waals surface area contributed by atoms with Gasteiger partial charge in [0.15, 0.2) is 0 Å². The van der Waals surface area contributed by atoms with Crippen LogP contribution in [0.15, 0.2) is 24.3 Å². The van der Waals surface area contributed by atoms with Gasteiger partial charge in [0.25, 0.3) is 0 Å². The van der Waals surface area contributed by atoms with Gasteiger partial charge < -0.3 is 9.84 Å². The fourth-order valence-corrected chi connectivity index (χ4v) is 2.07. The zero-order chi connectivity index (χ0) is 16.5. The molecule has 1 aromatic rings. The van der Waals surface area contributed by atoms with Crippen molar-refractivity contribution in [3.8, 4) is 0 Å². The molecule has 0 heterocycles. The first kappa shape index (κ1) is 17.9. The number of rotatable bonds is 9. The minimum Gasteiger partial charge on any atom is -0.478 e. The lowest BCUT2D eigenvalue weighted by Gasteiger charge is -2.07. The summed E-state index contributed by atoms with van der Waals surface area (Å²) in [5, 5.41) is 9.01. The fourth-order valence-electron chi connectivity index (χ4n) is 2.07. The smallest absolute Gasteiger partial charge is 0.339 e. The fraction of sp³-hybridized carbons (Fsp3) is 0.471. The second kappa shape index (κ2) is 8.97. The molecular weight excluding hydrogens is 284 g/mol. The maximum absolute atomic E-state index is 11.9. The Bertz CT molecular complexity index is 534. The molecule has 22 heavy (non-hydrogen) atoms. The van der Waals surface area contributed by atoms with Crippen LogP contribution >= 0.6 is 0 Å². The third kappa shape index (κ3) is 6.08. The van der Waals surface area contributed by atoms with Gasteiger partial charge in [0, 0.05) is 12.8 Å². The van der Waals surface area contributed by atoms with E-state index in [1.54, 1.807) is 12.1 Å². The lowest BCUT2D eigenvalue weighted by atomic mass is 10.0. The summed E-state index contributed by atoms with van der Waals surface area (Å²) >= 11 is 0. The van der Waals surface area contributed by atoms with Crippen molar-refractivity contribution in [1.82, 2.24) is 0 Å². The molecule has 0 atom stereocenters. The molecule has 0 amide bonds. The number of carboxylic acids is 1. The number of Topliss-reactive ketones (excluding diaryl/α,β-unsaturated/α-hetero) is 1. The molecule has 1 N–H and O–H groups in total. The van der Waals surface area contributed by atoms with Crippen molar-refractivity contribution in [2.45, 2.75) is 39.5 Å². The van der Waals surface area contributed by atoms with Crippen molar-refractivity contribution < 1.29 is 24.2 Å². The number of carbonyl (C=O) groups excluding carboxylic acids is 2. The van der Waals surface area contributed by atoms with E-state index in [1.807, 2.05) is 13.8 Å². The highest BCUT2D eigenvalue weighted by Crippen LogP contribution is 2.11. The maximum Gasteiger partial charge on any atom is 0.339 e. The predicted octanol–water partition coefficient (Wildman–Crippen LogP) is 3.33. The van der Waals surface area contributed by atoms with Crippen molar-refractivity contribution >= 4 is 17.7 Å². The van der Waals surface area contributed by atoms with Crippen LogP contribution in [0, 0.1) is 5.92 Å². The number of esters is 1. The number of hydrogen-bond acceptors (Lipinski definition) is 4. The largest absolute Gasteiger partial charge is 0.478 e. The second-order valence-electron chi connectivity index (χ2n) is 5.58. The average molecular weight is 306 g/mol. The number of carboxylic acid groups (broad SMARTS) is 1. The number of ether oxygens (including phenoxy) is 1. The van der Waals surface area contributed by atoms with E-state index in [0.717, 1.165) is 0 Å². The molecule has 0 saturated carbocycles. The number of ketones is 1. The predicted molar refractivity (Wildman–Crippen MR) is 82.0 cm³/mol. The first-order valence-corrected chi connectivity index (χ1v) is 7.43. The maximum atomic E-state index is 11.9. The van der Waals surface area contributed by atoms with Crippen LogP contribution in [0.25, 0.3) is 0 Å². The highest BCUT2D eigenvalue weighted by molar-refractivity contribution is 6.02. The first-order chi connectivity index (χ1) is 10.4. The molecule has 0 aliphatic carbocycles. The number of carbonyl (C=O) groups is 3. The van der Waals surface area contributed by atoms with Gasteiger partial charge in [0.2, 0.25) is 0 Å². The topological polar surface area (TPSA) is 80.7 Å². The highest BCUT2D eigenvalue weighted by atomic mass is 16.5. The number of aromatic carboxylic acids is 1. The van der Waals surface area contributed by atoms with E-state index in [9.17, 15) is 14.4 Å². The van der Waals surface area contributed by atoms with E-state index in [-0.39, 0.29) is 23.5 Å². The molecule has 0 unspecified atom stereocenters. The van der Waals surface area contributed by atoms with Gasteiger partial charge in [-0.15, -0.1) is 0 Å². The monoisotopic (exact) mass is 306 g/mol. The van der Waals surface area contributed by atoms with Crippen molar-refractivity contribution in [2.75, 3.05) is 6.61 Å². The van der Waals surface area contributed by atoms with Crippen LogP contribution in [0.1, 0.15) is 60.2 Å². The van der Waals surface area contributed by atoms with Crippen LogP contribution in [0.3, 0.4) is 0 Å². The highest BCUT2D eigenvalue weighted by Gasteiger charge is 2.16. The Morgan fingerprint density at radius 2 is 1.73 bits per heavy atom. The number of benzene rings is 1. The van der Waals surface area contributed by atoms with Crippen molar-refractivity contribution in [2.24, 2.45) is 5.92 Å². The Hall–Kier alpha value is -2.17. The lowest BCUT2D eigenvalue weighted by molar-refractivity contribution is -0.119. The van der Waals surface area contributed by atoms with Gasteiger partial charge in [-0.25, -0.2) is 9.59 Å². The summed E-state index contributed by atoms with van der Waals surface area (Å²) in [7, 11) is 0. The van der Waals surface area contributed by atoms with Crippen molar-refractivity contribution in [3.63, 3.8) is 0 Å². The standard InChI is InChI=1S/C17H22O5/c1-12(2)11-13(18)7-5-6-10-22-17(21)15-9-4-3-8-14(15)16(19)20/h3-4,8-9,12H,5-7,10-11H2,1-2H3,(H,19,20). The van der Waals surface area contributed by atoms with Crippen LogP contribution in [0.4, 0.5) is 0 Å².